The first-order valence-corrected chi connectivity index (χ1v) is 5.29. The fraction of sp³-hybridized carbons (Fsp3) is 0.800. The molecular weight excluding hydrogens is 214 g/mol. The van der Waals surface area contributed by atoms with Gasteiger partial charge in [0.05, 0.1) is 18.6 Å². The van der Waals surface area contributed by atoms with Crippen LogP contribution in [0.15, 0.2) is 0 Å². The van der Waals surface area contributed by atoms with Gasteiger partial charge >= 0.3 is 5.97 Å². The van der Waals surface area contributed by atoms with Crippen LogP contribution in [0.1, 0.15) is 25.7 Å². The van der Waals surface area contributed by atoms with Crippen LogP contribution in [0.25, 0.3) is 0 Å². The van der Waals surface area contributed by atoms with Crippen molar-refractivity contribution in [2.75, 3.05) is 19.8 Å². The lowest BCUT2D eigenvalue weighted by Crippen LogP contribution is -2.54. The molecule has 0 atom stereocenters. The van der Waals surface area contributed by atoms with Gasteiger partial charge < -0.3 is 20.3 Å². The van der Waals surface area contributed by atoms with Crippen molar-refractivity contribution in [2.45, 2.75) is 31.2 Å². The van der Waals surface area contributed by atoms with Gasteiger partial charge in [0.25, 0.3) is 0 Å². The summed E-state index contributed by atoms with van der Waals surface area (Å²) in [6.45, 7) is 0.856. The summed E-state index contributed by atoms with van der Waals surface area (Å²) in [6, 6.07) is 0. The largest absolute Gasteiger partial charge is 0.481 e. The Hall–Kier alpha value is -1.14. The fourth-order valence-corrected chi connectivity index (χ4v) is 1.66. The highest BCUT2D eigenvalue weighted by molar-refractivity contribution is 5.81. The lowest BCUT2D eigenvalue weighted by molar-refractivity contribution is -0.139. The second-order valence-electron chi connectivity index (χ2n) is 3.99. The Morgan fingerprint density at radius 3 is 2.38 bits per heavy atom. The van der Waals surface area contributed by atoms with E-state index in [0.29, 0.717) is 26.1 Å². The molecule has 0 spiro atoms. The Bertz CT molecular complexity index is 260. The molecule has 1 rings (SSSR count). The number of carboxylic acid groups (broad SMARTS) is 1. The maximum atomic E-state index is 11.5. The van der Waals surface area contributed by atoms with Crippen LogP contribution in [0.5, 0.6) is 0 Å². The number of aliphatic hydroxyl groups excluding tert-OH is 1. The van der Waals surface area contributed by atoms with Crippen molar-refractivity contribution in [1.29, 1.82) is 0 Å². The number of aliphatic hydroxyl groups is 1. The third-order valence-corrected chi connectivity index (χ3v) is 2.72. The zero-order valence-corrected chi connectivity index (χ0v) is 9.07. The lowest BCUT2D eigenvalue weighted by atomic mass is 9.91. The van der Waals surface area contributed by atoms with Gasteiger partial charge in [-0.25, -0.2) is 0 Å². The van der Waals surface area contributed by atoms with E-state index in [1.165, 1.54) is 0 Å². The molecule has 1 fully saturated rings. The number of carbonyl (C=O) groups is 2. The molecule has 1 aliphatic rings. The minimum atomic E-state index is -1.000. The van der Waals surface area contributed by atoms with Crippen LogP contribution in [0.4, 0.5) is 0 Å². The van der Waals surface area contributed by atoms with E-state index >= 15 is 0 Å². The molecule has 16 heavy (non-hydrogen) atoms. The van der Waals surface area contributed by atoms with Crippen molar-refractivity contribution in [1.82, 2.24) is 5.32 Å². The summed E-state index contributed by atoms with van der Waals surface area (Å²) in [5.74, 6) is -1.33. The van der Waals surface area contributed by atoms with E-state index in [1.54, 1.807) is 0 Å². The number of hydrogen-bond acceptors (Lipinski definition) is 4. The predicted octanol–water partition coefficient (Wildman–Crippen LogP) is -0.491. The van der Waals surface area contributed by atoms with E-state index in [4.69, 9.17) is 9.84 Å². The van der Waals surface area contributed by atoms with Crippen LogP contribution in [0.2, 0.25) is 0 Å². The molecule has 0 aliphatic carbocycles. The molecule has 0 bridgehead atoms. The highest BCUT2D eigenvalue weighted by Crippen LogP contribution is 2.20. The van der Waals surface area contributed by atoms with E-state index in [9.17, 15) is 14.7 Å². The average molecular weight is 231 g/mol. The highest BCUT2D eigenvalue weighted by atomic mass is 16.5. The molecule has 6 nitrogen and oxygen atoms in total. The van der Waals surface area contributed by atoms with Gasteiger partial charge in [0.2, 0.25) is 5.91 Å². The van der Waals surface area contributed by atoms with Gasteiger partial charge in [0.1, 0.15) is 0 Å². The molecule has 3 N–H and O–H groups in total. The Morgan fingerprint density at radius 2 is 1.88 bits per heavy atom. The minimum Gasteiger partial charge on any atom is -0.481 e. The monoisotopic (exact) mass is 231 g/mol. The van der Waals surface area contributed by atoms with Crippen molar-refractivity contribution >= 4 is 11.9 Å². The molecule has 1 amide bonds. The number of nitrogens with one attached hydrogen (secondary N) is 1. The molecule has 0 unspecified atom stereocenters. The van der Waals surface area contributed by atoms with Gasteiger partial charge in [0, 0.05) is 19.6 Å². The first kappa shape index (κ1) is 12.9. The molecule has 6 heteroatoms. The lowest BCUT2D eigenvalue weighted by Gasteiger charge is -2.36. The van der Waals surface area contributed by atoms with Crippen LogP contribution in [0.3, 0.4) is 0 Å². The maximum absolute atomic E-state index is 11.5. The van der Waals surface area contributed by atoms with Crippen molar-refractivity contribution < 1.29 is 24.5 Å². The molecule has 0 radical (unpaired) electrons. The standard InChI is InChI=1S/C10H17NO5/c12-7-10(3-5-16-6-4-10)11-8(13)1-2-9(14)15/h12H,1-7H2,(H,11,13)(H,14,15). The molecule has 1 aliphatic heterocycles. The molecule has 0 aromatic rings. The second-order valence-corrected chi connectivity index (χ2v) is 3.99. The molecule has 92 valence electrons. The van der Waals surface area contributed by atoms with Gasteiger partial charge in [-0.2, -0.15) is 0 Å². The smallest absolute Gasteiger partial charge is 0.303 e. The van der Waals surface area contributed by atoms with Crippen LogP contribution in [-0.4, -0.2) is 47.4 Å². The van der Waals surface area contributed by atoms with E-state index in [1.807, 2.05) is 0 Å². The third kappa shape index (κ3) is 3.79. The molecule has 0 aromatic heterocycles. The summed E-state index contributed by atoms with van der Waals surface area (Å²) >= 11 is 0. The Balaban J connectivity index is 2.42. The SMILES string of the molecule is O=C(O)CCC(=O)NC1(CO)CCOCC1. The predicted molar refractivity (Wildman–Crippen MR) is 54.9 cm³/mol. The van der Waals surface area contributed by atoms with Gasteiger partial charge in [-0.05, 0) is 12.8 Å². The summed E-state index contributed by atoms with van der Waals surface area (Å²) in [5, 5.41) is 20.4. The molecule has 0 aromatic carbocycles. The van der Waals surface area contributed by atoms with Crippen LogP contribution in [0, 0.1) is 0 Å². The van der Waals surface area contributed by atoms with Gasteiger partial charge in [-0.3, -0.25) is 9.59 Å². The Labute approximate surface area is 93.6 Å². The summed E-state index contributed by atoms with van der Waals surface area (Å²) < 4.78 is 5.15. The normalized spacial score (nSPS) is 19.1. The number of hydrogen-bond donors (Lipinski definition) is 3. The first-order valence-electron chi connectivity index (χ1n) is 5.29. The zero-order valence-electron chi connectivity index (χ0n) is 9.07. The minimum absolute atomic E-state index is 0.0576. The highest BCUT2D eigenvalue weighted by Gasteiger charge is 2.33. The maximum Gasteiger partial charge on any atom is 0.303 e. The zero-order chi connectivity index (χ0) is 12.0. The number of aliphatic carboxylic acids is 1. The van der Waals surface area contributed by atoms with E-state index in [2.05, 4.69) is 5.32 Å². The topological polar surface area (TPSA) is 95.9 Å². The first-order chi connectivity index (χ1) is 7.58. The van der Waals surface area contributed by atoms with Crippen LogP contribution < -0.4 is 5.32 Å². The van der Waals surface area contributed by atoms with E-state index < -0.39 is 11.5 Å². The van der Waals surface area contributed by atoms with Crippen molar-refractivity contribution in [2.24, 2.45) is 0 Å². The quantitative estimate of drug-likeness (QED) is 0.593. The summed E-state index contributed by atoms with van der Waals surface area (Å²) in [7, 11) is 0. The van der Waals surface area contributed by atoms with Gasteiger partial charge in [-0.1, -0.05) is 0 Å². The van der Waals surface area contributed by atoms with Crippen molar-refractivity contribution in [3.63, 3.8) is 0 Å². The summed E-state index contributed by atoms with van der Waals surface area (Å²) in [5.41, 5.74) is -0.631. The number of ether oxygens (including phenoxy) is 1. The van der Waals surface area contributed by atoms with Crippen molar-refractivity contribution in [3.8, 4) is 0 Å². The Kier molecular flexibility index (Phi) is 4.70. The molecule has 1 saturated heterocycles. The number of amides is 1. The number of carboxylic acids is 1. The van der Waals surface area contributed by atoms with E-state index in [0.717, 1.165) is 0 Å². The number of carbonyl (C=O) groups excluding carboxylic acids is 1. The summed E-state index contributed by atoms with van der Waals surface area (Å²) in [6.07, 6.45) is 0.867. The van der Waals surface area contributed by atoms with Crippen molar-refractivity contribution in [3.05, 3.63) is 0 Å². The van der Waals surface area contributed by atoms with Crippen LogP contribution in [-0.2, 0) is 14.3 Å². The fourth-order valence-electron chi connectivity index (χ4n) is 1.66. The van der Waals surface area contributed by atoms with Crippen LogP contribution >= 0.6 is 0 Å². The average Bonchev–Trinajstić information content (AvgIpc) is 2.28. The summed E-state index contributed by atoms with van der Waals surface area (Å²) in [4.78, 5) is 21.7. The third-order valence-electron chi connectivity index (χ3n) is 2.72. The van der Waals surface area contributed by atoms with Gasteiger partial charge in [-0.15, -0.1) is 0 Å². The second kappa shape index (κ2) is 5.81. The number of rotatable bonds is 5. The molecule has 0 saturated carbocycles. The Morgan fingerprint density at radius 1 is 1.25 bits per heavy atom. The molecule has 1 heterocycles. The van der Waals surface area contributed by atoms with E-state index in [-0.39, 0.29) is 25.4 Å². The van der Waals surface area contributed by atoms with Gasteiger partial charge in [0.15, 0.2) is 0 Å². The molecular formula is C10H17NO5.